The van der Waals surface area contributed by atoms with Crippen LogP contribution in [0.4, 0.5) is 18.9 Å². The van der Waals surface area contributed by atoms with Crippen molar-refractivity contribution < 1.29 is 13.2 Å². The number of halogens is 4. The summed E-state index contributed by atoms with van der Waals surface area (Å²) < 4.78 is 39.5. The topological polar surface area (TPSA) is 24.9 Å². The molecule has 20 heavy (non-hydrogen) atoms. The fraction of sp³-hybridized carbons (Fsp3) is 0.308. The molecule has 0 aliphatic heterocycles. The van der Waals surface area contributed by atoms with E-state index >= 15 is 0 Å². The number of aromatic nitrogens is 1. The van der Waals surface area contributed by atoms with Gasteiger partial charge in [-0.1, -0.05) is 15.9 Å². The Hall–Kier alpha value is -1.08. The van der Waals surface area contributed by atoms with Crippen molar-refractivity contribution in [3.8, 4) is 0 Å². The zero-order chi connectivity index (χ0) is 14.9. The Morgan fingerprint density at radius 1 is 1.35 bits per heavy atom. The molecule has 1 unspecified atom stereocenters. The highest BCUT2D eigenvalue weighted by Crippen LogP contribution is 2.37. The first-order valence-corrected chi connectivity index (χ1v) is 7.50. The van der Waals surface area contributed by atoms with E-state index < -0.39 is 11.7 Å². The largest absolute Gasteiger partial charge is 0.418 e. The molecule has 0 saturated heterocycles. The maximum absolute atomic E-state index is 13.0. The third-order valence-corrected chi connectivity index (χ3v) is 4.30. The van der Waals surface area contributed by atoms with Gasteiger partial charge in [-0.05, 0) is 32.0 Å². The van der Waals surface area contributed by atoms with E-state index in [0.29, 0.717) is 4.47 Å². The van der Waals surface area contributed by atoms with Crippen LogP contribution in [-0.4, -0.2) is 4.98 Å². The molecule has 1 N–H and O–H groups in total. The number of benzene rings is 1. The number of rotatable bonds is 3. The zero-order valence-electron chi connectivity index (χ0n) is 10.8. The van der Waals surface area contributed by atoms with E-state index in [1.54, 1.807) is 6.92 Å². The molecule has 0 fully saturated rings. The first-order chi connectivity index (χ1) is 9.27. The minimum atomic E-state index is -4.39. The van der Waals surface area contributed by atoms with Crippen LogP contribution < -0.4 is 5.32 Å². The van der Waals surface area contributed by atoms with Gasteiger partial charge < -0.3 is 5.32 Å². The van der Waals surface area contributed by atoms with E-state index in [2.05, 4.69) is 26.2 Å². The Bertz CT molecular complexity index is 610. The smallest absolute Gasteiger partial charge is 0.376 e. The summed E-state index contributed by atoms with van der Waals surface area (Å²) in [6, 6.07) is 3.59. The quantitative estimate of drug-likeness (QED) is 0.787. The highest BCUT2D eigenvalue weighted by atomic mass is 79.9. The molecule has 7 heteroatoms. The maximum atomic E-state index is 13.0. The van der Waals surface area contributed by atoms with E-state index in [4.69, 9.17) is 0 Å². The average Bonchev–Trinajstić information content (AvgIpc) is 2.74. The molecule has 1 heterocycles. The van der Waals surface area contributed by atoms with Gasteiger partial charge in [0.05, 0.1) is 11.6 Å². The molecule has 2 rings (SSSR count). The number of thiazole rings is 1. The lowest BCUT2D eigenvalue weighted by molar-refractivity contribution is -0.137. The predicted molar refractivity (Wildman–Crippen MR) is 78.0 cm³/mol. The van der Waals surface area contributed by atoms with Gasteiger partial charge in [0.15, 0.2) is 0 Å². The molecule has 1 aromatic heterocycles. The van der Waals surface area contributed by atoms with Gasteiger partial charge in [0.1, 0.15) is 5.01 Å². The Labute approximate surface area is 127 Å². The molecule has 0 amide bonds. The predicted octanol–water partition coefficient (Wildman–Crippen LogP) is 5.41. The summed E-state index contributed by atoms with van der Waals surface area (Å²) in [5, 5.41) is 5.52. The van der Waals surface area contributed by atoms with Gasteiger partial charge in [0.25, 0.3) is 0 Å². The summed E-state index contributed by atoms with van der Waals surface area (Å²) in [7, 11) is 0. The summed E-state index contributed by atoms with van der Waals surface area (Å²) in [5.74, 6) is 0. The Morgan fingerprint density at radius 2 is 2.05 bits per heavy atom. The highest BCUT2D eigenvalue weighted by Gasteiger charge is 2.33. The van der Waals surface area contributed by atoms with Crippen LogP contribution in [0.2, 0.25) is 0 Å². The number of alkyl halides is 3. The van der Waals surface area contributed by atoms with E-state index in [9.17, 15) is 13.2 Å². The van der Waals surface area contributed by atoms with E-state index in [1.165, 1.54) is 23.5 Å². The van der Waals surface area contributed by atoms with Gasteiger partial charge in [-0.2, -0.15) is 13.2 Å². The third kappa shape index (κ3) is 3.52. The van der Waals surface area contributed by atoms with Gasteiger partial charge in [0, 0.05) is 21.2 Å². The van der Waals surface area contributed by atoms with Crippen LogP contribution >= 0.6 is 27.3 Å². The van der Waals surface area contributed by atoms with Crippen molar-refractivity contribution in [3.05, 3.63) is 44.3 Å². The molecule has 0 aliphatic rings. The standard InChI is InChI=1S/C13H12BrF3N2S/c1-7-6-20-12(18-7)8(2)19-11-5-9(14)3-4-10(11)13(15,16)17/h3-6,8,19H,1-2H3. The second-order valence-corrected chi connectivity index (χ2v) is 6.19. The Balaban J connectivity index is 2.30. The van der Waals surface area contributed by atoms with Crippen molar-refractivity contribution >= 4 is 33.0 Å². The zero-order valence-corrected chi connectivity index (χ0v) is 13.2. The summed E-state index contributed by atoms with van der Waals surface area (Å²) in [6.45, 7) is 3.65. The fourth-order valence-electron chi connectivity index (χ4n) is 1.75. The molecule has 2 nitrogen and oxygen atoms in total. The van der Waals surface area contributed by atoms with E-state index in [-0.39, 0.29) is 11.7 Å². The van der Waals surface area contributed by atoms with Crippen molar-refractivity contribution in [1.29, 1.82) is 0 Å². The molecule has 1 aromatic carbocycles. The summed E-state index contributed by atoms with van der Waals surface area (Å²) in [5.41, 5.74) is 0.233. The lowest BCUT2D eigenvalue weighted by atomic mass is 10.1. The number of hydrogen-bond donors (Lipinski definition) is 1. The number of aryl methyl sites for hydroxylation is 1. The highest BCUT2D eigenvalue weighted by molar-refractivity contribution is 9.10. The Morgan fingerprint density at radius 3 is 2.60 bits per heavy atom. The van der Waals surface area contributed by atoms with Crippen molar-refractivity contribution in [2.75, 3.05) is 5.32 Å². The summed E-state index contributed by atoms with van der Waals surface area (Å²) >= 11 is 4.62. The maximum Gasteiger partial charge on any atom is 0.418 e. The monoisotopic (exact) mass is 364 g/mol. The average molecular weight is 365 g/mol. The molecule has 108 valence electrons. The molecule has 0 spiro atoms. The van der Waals surface area contributed by atoms with Crippen LogP contribution in [0, 0.1) is 6.92 Å². The minimum absolute atomic E-state index is 0.0484. The summed E-state index contributed by atoms with van der Waals surface area (Å²) in [6.07, 6.45) is -4.39. The van der Waals surface area contributed by atoms with E-state index in [0.717, 1.165) is 16.8 Å². The van der Waals surface area contributed by atoms with Gasteiger partial charge in [-0.3, -0.25) is 0 Å². The molecule has 1 atom stereocenters. The second-order valence-electron chi connectivity index (χ2n) is 4.38. The SMILES string of the molecule is Cc1csc(C(C)Nc2cc(Br)ccc2C(F)(F)F)n1. The molecule has 0 radical (unpaired) electrons. The number of anilines is 1. The van der Waals surface area contributed by atoms with Crippen LogP contribution in [0.3, 0.4) is 0 Å². The van der Waals surface area contributed by atoms with Crippen LogP contribution in [0.25, 0.3) is 0 Å². The van der Waals surface area contributed by atoms with Crippen LogP contribution in [0.5, 0.6) is 0 Å². The summed E-state index contributed by atoms with van der Waals surface area (Å²) in [4.78, 5) is 4.28. The Kier molecular flexibility index (Phi) is 4.39. The third-order valence-electron chi connectivity index (χ3n) is 2.67. The molecule has 0 aliphatic carbocycles. The molecule has 0 saturated carbocycles. The fourth-order valence-corrected chi connectivity index (χ4v) is 2.91. The van der Waals surface area contributed by atoms with Crippen molar-refractivity contribution in [2.45, 2.75) is 26.1 Å². The number of nitrogens with one attached hydrogen (secondary N) is 1. The van der Waals surface area contributed by atoms with Gasteiger partial charge in [0.2, 0.25) is 0 Å². The van der Waals surface area contributed by atoms with Crippen LogP contribution in [-0.2, 0) is 6.18 Å². The van der Waals surface area contributed by atoms with Gasteiger partial charge >= 0.3 is 6.18 Å². The first-order valence-electron chi connectivity index (χ1n) is 5.82. The van der Waals surface area contributed by atoms with Crippen LogP contribution in [0.1, 0.15) is 29.2 Å². The van der Waals surface area contributed by atoms with Crippen LogP contribution in [0.15, 0.2) is 28.1 Å². The van der Waals surface area contributed by atoms with E-state index in [1.807, 2.05) is 12.3 Å². The molecule has 2 aromatic rings. The van der Waals surface area contributed by atoms with Gasteiger partial charge in [-0.15, -0.1) is 11.3 Å². The van der Waals surface area contributed by atoms with Gasteiger partial charge in [-0.25, -0.2) is 4.98 Å². The van der Waals surface area contributed by atoms with Crippen molar-refractivity contribution in [2.24, 2.45) is 0 Å². The first kappa shape index (κ1) is 15.3. The molecular formula is C13H12BrF3N2S. The molecule has 0 bridgehead atoms. The lowest BCUT2D eigenvalue weighted by Gasteiger charge is -2.18. The lowest BCUT2D eigenvalue weighted by Crippen LogP contribution is -2.13. The van der Waals surface area contributed by atoms with Crippen molar-refractivity contribution in [3.63, 3.8) is 0 Å². The molecular weight excluding hydrogens is 353 g/mol. The minimum Gasteiger partial charge on any atom is -0.376 e. The number of hydrogen-bond acceptors (Lipinski definition) is 3. The second kappa shape index (κ2) is 5.73. The van der Waals surface area contributed by atoms with Crippen molar-refractivity contribution in [1.82, 2.24) is 4.98 Å². The number of nitrogens with zero attached hydrogens (tertiary/aromatic N) is 1. The normalized spacial score (nSPS) is 13.3.